The second-order valence-electron chi connectivity index (χ2n) is 7.05. The summed E-state index contributed by atoms with van der Waals surface area (Å²) in [5.41, 5.74) is 1.89. The van der Waals surface area contributed by atoms with Gasteiger partial charge in [-0.3, -0.25) is 4.79 Å². The lowest BCUT2D eigenvalue weighted by Crippen LogP contribution is -2.35. The van der Waals surface area contributed by atoms with E-state index in [2.05, 4.69) is 0 Å². The number of nitrogens with zero attached hydrogens (tertiary/aromatic N) is 1. The highest BCUT2D eigenvalue weighted by molar-refractivity contribution is 5.78. The van der Waals surface area contributed by atoms with Crippen molar-refractivity contribution in [3.8, 4) is 34.1 Å². The summed E-state index contributed by atoms with van der Waals surface area (Å²) in [6.07, 6.45) is 4.52. The molecule has 4 rings (SSSR count). The normalized spacial score (nSPS) is 15.8. The van der Waals surface area contributed by atoms with E-state index < -0.39 is 0 Å². The van der Waals surface area contributed by atoms with Gasteiger partial charge in [-0.25, -0.2) is 0 Å². The number of carbonyl (C=O) groups excluding carboxylic acids is 1. The summed E-state index contributed by atoms with van der Waals surface area (Å²) in [4.78, 5) is 14.4. The fraction of sp³-hybridized carbons (Fsp3) is 0.409. The first-order valence-corrected chi connectivity index (χ1v) is 9.72. The van der Waals surface area contributed by atoms with Crippen molar-refractivity contribution in [1.29, 1.82) is 0 Å². The second kappa shape index (κ2) is 8.42. The minimum atomic E-state index is 0.0355. The number of hydrogen-bond acceptors (Lipinski definition) is 5. The van der Waals surface area contributed by atoms with E-state index in [1.165, 1.54) is 12.8 Å². The van der Waals surface area contributed by atoms with Crippen LogP contribution in [0.5, 0.6) is 23.0 Å². The zero-order valence-corrected chi connectivity index (χ0v) is 16.1. The van der Waals surface area contributed by atoms with Crippen molar-refractivity contribution in [3.63, 3.8) is 0 Å². The molecule has 0 radical (unpaired) electrons. The molecule has 0 atom stereocenters. The quantitative estimate of drug-likeness (QED) is 0.784. The van der Waals surface area contributed by atoms with Gasteiger partial charge in [-0.05, 0) is 48.2 Å². The molecular formula is C22H25NO5. The third-order valence-electron chi connectivity index (χ3n) is 5.14. The van der Waals surface area contributed by atoms with E-state index in [1.807, 2.05) is 35.2 Å². The predicted octanol–water partition coefficient (Wildman–Crippen LogP) is 3.87. The van der Waals surface area contributed by atoms with E-state index in [1.54, 1.807) is 13.2 Å². The average Bonchev–Trinajstić information content (AvgIpc) is 3.03. The van der Waals surface area contributed by atoms with Crippen molar-refractivity contribution in [2.45, 2.75) is 25.7 Å². The van der Waals surface area contributed by atoms with Gasteiger partial charge in [0.1, 0.15) is 11.5 Å². The first kappa shape index (κ1) is 18.5. The molecule has 1 fully saturated rings. The molecule has 0 aliphatic carbocycles. The lowest BCUT2D eigenvalue weighted by atomic mass is 10.0. The van der Waals surface area contributed by atoms with Crippen LogP contribution in [0.15, 0.2) is 36.4 Å². The van der Waals surface area contributed by atoms with Crippen molar-refractivity contribution < 1.29 is 23.7 Å². The van der Waals surface area contributed by atoms with Gasteiger partial charge >= 0.3 is 0 Å². The Kier molecular flexibility index (Phi) is 5.55. The Morgan fingerprint density at radius 2 is 1.68 bits per heavy atom. The molecule has 2 aliphatic heterocycles. The minimum absolute atomic E-state index is 0.0355. The highest BCUT2D eigenvalue weighted by Gasteiger charge is 2.17. The zero-order valence-electron chi connectivity index (χ0n) is 16.1. The van der Waals surface area contributed by atoms with Gasteiger partial charge in [0.15, 0.2) is 18.1 Å². The molecule has 2 aliphatic rings. The number of methoxy groups -OCH3 is 1. The molecule has 1 saturated heterocycles. The van der Waals surface area contributed by atoms with Crippen molar-refractivity contribution >= 4 is 5.91 Å². The molecule has 1 amide bonds. The predicted molar refractivity (Wildman–Crippen MR) is 105 cm³/mol. The molecule has 2 aromatic carbocycles. The second-order valence-corrected chi connectivity index (χ2v) is 7.05. The number of hydrogen-bond donors (Lipinski definition) is 0. The van der Waals surface area contributed by atoms with Crippen LogP contribution in [0.4, 0.5) is 0 Å². The topological polar surface area (TPSA) is 57.2 Å². The van der Waals surface area contributed by atoms with Crippen LogP contribution in [0.25, 0.3) is 11.1 Å². The SMILES string of the molecule is COc1cc(OCC(=O)N2CCCCCC2)cc(-c2ccc3c(c2)OCO3)c1. The molecular weight excluding hydrogens is 358 g/mol. The van der Waals surface area contributed by atoms with Crippen LogP contribution in [0.2, 0.25) is 0 Å². The zero-order chi connectivity index (χ0) is 19.3. The van der Waals surface area contributed by atoms with Crippen LogP contribution in [-0.2, 0) is 4.79 Å². The van der Waals surface area contributed by atoms with Gasteiger partial charge in [-0.1, -0.05) is 18.9 Å². The van der Waals surface area contributed by atoms with E-state index in [0.717, 1.165) is 48.6 Å². The van der Waals surface area contributed by atoms with Crippen molar-refractivity contribution in [1.82, 2.24) is 4.90 Å². The minimum Gasteiger partial charge on any atom is -0.497 e. The van der Waals surface area contributed by atoms with Gasteiger partial charge in [0.25, 0.3) is 5.91 Å². The Labute approximate surface area is 165 Å². The number of ether oxygens (including phenoxy) is 4. The van der Waals surface area contributed by atoms with Crippen LogP contribution in [0.1, 0.15) is 25.7 Å². The Morgan fingerprint density at radius 1 is 0.929 bits per heavy atom. The van der Waals surface area contributed by atoms with Gasteiger partial charge < -0.3 is 23.8 Å². The van der Waals surface area contributed by atoms with Crippen LogP contribution >= 0.6 is 0 Å². The summed E-state index contributed by atoms with van der Waals surface area (Å²) >= 11 is 0. The third-order valence-corrected chi connectivity index (χ3v) is 5.14. The van der Waals surface area contributed by atoms with Crippen molar-refractivity contribution in [3.05, 3.63) is 36.4 Å². The lowest BCUT2D eigenvalue weighted by Gasteiger charge is -2.20. The maximum absolute atomic E-state index is 12.5. The third kappa shape index (κ3) is 4.16. The number of amides is 1. The summed E-state index contributed by atoms with van der Waals surface area (Å²) in [7, 11) is 1.62. The average molecular weight is 383 g/mol. The molecule has 2 aromatic rings. The molecule has 0 bridgehead atoms. The van der Waals surface area contributed by atoms with Crippen LogP contribution < -0.4 is 18.9 Å². The van der Waals surface area contributed by atoms with Gasteiger partial charge in [0.2, 0.25) is 6.79 Å². The number of likely N-dealkylation sites (tertiary alicyclic amines) is 1. The molecule has 0 spiro atoms. The van der Waals surface area contributed by atoms with E-state index in [-0.39, 0.29) is 19.3 Å². The van der Waals surface area contributed by atoms with Crippen LogP contribution in [-0.4, -0.2) is 44.4 Å². The molecule has 6 nitrogen and oxygen atoms in total. The Hall–Kier alpha value is -2.89. The summed E-state index contributed by atoms with van der Waals surface area (Å²) in [6.45, 7) is 1.92. The molecule has 148 valence electrons. The number of fused-ring (bicyclic) bond motifs is 1. The summed E-state index contributed by atoms with van der Waals surface area (Å²) in [6, 6.07) is 11.4. The van der Waals surface area contributed by atoms with E-state index in [0.29, 0.717) is 11.5 Å². The largest absolute Gasteiger partial charge is 0.497 e. The molecule has 0 aromatic heterocycles. The van der Waals surface area contributed by atoms with Gasteiger partial charge in [0.05, 0.1) is 7.11 Å². The van der Waals surface area contributed by atoms with Gasteiger partial charge in [0, 0.05) is 19.2 Å². The fourth-order valence-corrected chi connectivity index (χ4v) is 3.57. The number of benzene rings is 2. The Morgan fingerprint density at radius 3 is 2.46 bits per heavy atom. The highest BCUT2D eigenvalue weighted by atomic mass is 16.7. The van der Waals surface area contributed by atoms with Gasteiger partial charge in [-0.2, -0.15) is 0 Å². The maximum Gasteiger partial charge on any atom is 0.260 e. The maximum atomic E-state index is 12.5. The highest BCUT2D eigenvalue weighted by Crippen LogP contribution is 2.37. The standard InChI is InChI=1S/C22H25NO5/c1-25-18-10-17(16-6-7-20-21(12-16)28-15-27-20)11-19(13-18)26-14-22(24)23-8-4-2-3-5-9-23/h6-7,10-13H,2-5,8-9,14-15H2,1H3. The summed E-state index contributed by atoms with van der Waals surface area (Å²) < 4.78 is 22.1. The Balaban J connectivity index is 1.49. The van der Waals surface area contributed by atoms with Crippen molar-refractivity contribution in [2.24, 2.45) is 0 Å². The Bertz CT molecular complexity index is 843. The summed E-state index contributed by atoms with van der Waals surface area (Å²) in [5, 5.41) is 0. The molecule has 0 N–H and O–H groups in total. The molecule has 0 unspecified atom stereocenters. The van der Waals surface area contributed by atoms with Crippen LogP contribution in [0, 0.1) is 0 Å². The molecule has 0 saturated carbocycles. The van der Waals surface area contributed by atoms with E-state index in [4.69, 9.17) is 18.9 Å². The number of rotatable bonds is 5. The van der Waals surface area contributed by atoms with E-state index in [9.17, 15) is 4.79 Å². The molecule has 2 heterocycles. The van der Waals surface area contributed by atoms with Gasteiger partial charge in [-0.15, -0.1) is 0 Å². The first-order valence-electron chi connectivity index (χ1n) is 9.72. The molecule has 6 heteroatoms. The van der Waals surface area contributed by atoms with Crippen LogP contribution in [0.3, 0.4) is 0 Å². The summed E-state index contributed by atoms with van der Waals surface area (Å²) in [5.74, 6) is 2.78. The smallest absolute Gasteiger partial charge is 0.260 e. The lowest BCUT2D eigenvalue weighted by molar-refractivity contribution is -0.133. The van der Waals surface area contributed by atoms with Crippen molar-refractivity contribution in [2.75, 3.05) is 33.6 Å². The van der Waals surface area contributed by atoms with E-state index >= 15 is 0 Å². The number of carbonyl (C=O) groups is 1. The monoisotopic (exact) mass is 383 g/mol. The molecule has 28 heavy (non-hydrogen) atoms. The first-order chi connectivity index (χ1) is 13.7. The fourth-order valence-electron chi connectivity index (χ4n) is 3.57.